The lowest BCUT2D eigenvalue weighted by molar-refractivity contribution is -0.141. The standard InChI is InChI=1S/C26H28F3N4O7P/c1-16-3-4-20(31-25(34)18-5-6-30-22(11-18)26(27,28)29)14-21(16)19-12-23(33-7-8-38-15-17(33)2)32-24(13-19)39-9-10-40-41(35,36)37/h3-6,11-14,17H,7-10,15H2,1-2H3,(H,31,34)(H2,35,36,37)/t17-/m1/s1. The number of carbonyl (C=O) groups is 1. The number of phosphoric ester groups is 1. The Morgan fingerprint density at radius 3 is 2.68 bits per heavy atom. The Bertz CT molecular complexity index is 1450. The molecule has 1 fully saturated rings. The number of aryl methyl sites for hydroxylation is 1. The Kier molecular flexibility index (Phi) is 9.30. The molecule has 0 radical (unpaired) electrons. The van der Waals surface area contributed by atoms with Crippen LogP contribution in [0.5, 0.6) is 5.88 Å². The van der Waals surface area contributed by atoms with E-state index in [1.165, 1.54) is 6.07 Å². The Morgan fingerprint density at radius 2 is 1.98 bits per heavy atom. The van der Waals surface area contributed by atoms with Gasteiger partial charge in [-0.3, -0.25) is 14.3 Å². The first kappa shape index (κ1) is 30.4. The number of anilines is 2. The summed E-state index contributed by atoms with van der Waals surface area (Å²) in [5.74, 6) is 0.0182. The second-order valence-corrected chi connectivity index (χ2v) is 10.5. The van der Waals surface area contributed by atoms with Crippen LogP contribution < -0.4 is 15.0 Å². The van der Waals surface area contributed by atoms with E-state index in [0.717, 1.165) is 11.8 Å². The summed E-state index contributed by atoms with van der Waals surface area (Å²) in [4.78, 5) is 40.5. The first-order chi connectivity index (χ1) is 19.3. The van der Waals surface area contributed by atoms with Crippen molar-refractivity contribution in [2.75, 3.05) is 43.2 Å². The van der Waals surface area contributed by atoms with E-state index in [1.807, 2.05) is 24.8 Å². The number of phosphoric acid groups is 1. The highest BCUT2D eigenvalue weighted by Gasteiger charge is 2.33. The first-order valence-corrected chi connectivity index (χ1v) is 14.0. The van der Waals surface area contributed by atoms with Crippen molar-refractivity contribution in [3.05, 3.63) is 65.5 Å². The summed E-state index contributed by atoms with van der Waals surface area (Å²) in [6.07, 6.45) is -3.76. The van der Waals surface area contributed by atoms with Gasteiger partial charge >= 0.3 is 14.0 Å². The van der Waals surface area contributed by atoms with Crippen molar-refractivity contribution < 1.29 is 46.3 Å². The molecule has 0 unspecified atom stereocenters. The van der Waals surface area contributed by atoms with Crippen LogP contribution in [0.25, 0.3) is 11.1 Å². The number of halogens is 3. The topological polar surface area (TPSA) is 143 Å². The van der Waals surface area contributed by atoms with Gasteiger partial charge in [-0.05, 0) is 60.9 Å². The molecule has 15 heteroatoms. The third kappa shape index (κ3) is 8.24. The highest BCUT2D eigenvalue weighted by molar-refractivity contribution is 7.46. The lowest BCUT2D eigenvalue weighted by atomic mass is 10.00. The molecule has 0 spiro atoms. The molecule has 1 saturated heterocycles. The molecule has 1 aromatic carbocycles. The first-order valence-electron chi connectivity index (χ1n) is 12.4. The zero-order chi connectivity index (χ0) is 29.8. The SMILES string of the molecule is Cc1ccc(NC(=O)c2ccnc(C(F)(F)F)c2)cc1-c1cc(OCCOP(=O)(O)O)nc(N2CCOC[C@H]2C)c1. The van der Waals surface area contributed by atoms with Gasteiger partial charge in [-0.1, -0.05) is 6.07 Å². The molecule has 0 aliphatic carbocycles. The highest BCUT2D eigenvalue weighted by Crippen LogP contribution is 2.36. The Morgan fingerprint density at radius 1 is 1.20 bits per heavy atom. The fourth-order valence-electron chi connectivity index (χ4n) is 4.18. The Balaban J connectivity index is 1.63. The molecule has 1 amide bonds. The number of hydrogen-bond acceptors (Lipinski definition) is 8. The molecule has 3 aromatic rings. The highest BCUT2D eigenvalue weighted by atomic mass is 31.2. The molecule has 220 valence electrons. The maximum atomic E-state index is 13.1. The summed E-state index contributed by atoms with van der Waals surface area (Å²) >= 11 is 0. The van der Waals surface area contributed by atoms with Crippen molar-refractivity contribution >= 4 is 25.2 Å². The molecular formula is C26H28F3N4O7P. The molecule has 1 aliphatic heterocycles. The van der Waals surface area contributed by atoms with Crippen LogP contribution in [-0.2, 0) is 20.0 Å². The van der Waals surface area contributed by atoms with Crippen molar-refractivity contribution in [3.8, 4) is 17.0 Å². The summed E-state index contributed by atoms with van der Waals surface area (Å²) in [7, 11) is -4.66. The molecule has 41 heavy (non-hydrogen) atoms. The van der Waals surface area contributed by atoms with Crippen LogP contribution in [0.2, 0.25) is 0 Å². The van der Waals surface area contributed by atoms with Crippen LogP contribution in [0.15, 0.2) is 48.7 Å². The van der Waals surface area contributed by atoms with E-state index in [4.69, 9.17) is 19.3 Å². The molecular weight excluding hydrogens is 568 g/mol. The quantitative estimate of drug-likeness (QED) is 0.240. The van der Waals surface area contributed by atoms with Crippen LogP contribution in [0.3, 0.4) is 0 Å². The van der Waals surface area contributed by atoms with E-state index in [9.17, 15) is 22.5 Å². The Hall–Kier alpha value is -3.55. The maximum Gasteiger partial charge on any atom is 0.469 e. The van der Waals surface area contributed by atoms with Gasteiger partial charge in [0, 0.05) is 30.1 Å². The van der Waals surface area contributed by atoms with E-state index in [2.05, 4.69) is 19.8 Å². The summed E-state index contributed by atoms with van der Waals surface area (Å²) in [6.45, 7) is 4.83. The van der Waals surface area contributed by atoms with Crippen molar-refractivity contribution in [1.29, 1.82) is 0 Å². The predicted molar refractivity (Wildman–Crippen MR) is 143 cm³/mol. The lowest BCUT2D eigenvalue weighted by Gasteiger charge is -2.34. The molecule has 11 nitrogen and oxygen atoms in total. The normalized spacial score (nSPS) is 16.0. The van der Waals surface area contributed by atoms with Gasteiger partial charge in [0.1, 0.15) is 18.1 Å². The minimum absolute atomic E-state index is 0.00557. The minimum Gasteiger partial charge on any atom is -0.475 e. The van der Waals surface area contributed by atoms with Crippen LogP contribution in [0.4, 0.5) is 24.7 Å². The molecule has 0 saturated carbocycles. The number of ether oxygens (including phenoxy) is 2. The van der Waals surface area contributed by atoms with Crippen LogP contribution in [0, 0.1) is 6.92 Å². The smallest absolute Gasteiger partial charge is 0.469 e. The fraction of sp³-hybridized carbons (Fsp3) is 0.346. The molecule has 3 heterocycles. The predicted octanol–water partition coefficient (Wildman–Crippen LogP) is 4.44. The molecule has 1 atom stereocenters. The number of nitrogens with one attached hydrogen (secondary N) is 1. The number of alkyl halides is 3. The van der Waals surface area contributed by atoms with E-state index in [0.29, 0.717) is 48.5 Å². The minimum atomic E-state index is -4.69. The van der Waals surface area contributed by atoms with E-state index >= 15 is 0 Å². The van der Waals surface area contributed by atoms with Crippen LogP contribution >= 0.6 is 7.82 Å². The van der Waals surface area contributed by atoms with Gasteiger partial charge < -0.3 is 29.5 Å². The zero-order valence-corrected chi connectivity index (χ0v) is 23.0. The van der Waals surface area contributed by atoms with Crippen molar-refractivity contribution in [3.63, 3.8) is 0 Å². The van der Waals surface area contributed by atoms with Crippen molar-refractivity contribution in [2.45, 2.75) is 26.1 Å². The van der Waals surface area contributed by atoms with Crippen LogP contribution in [-0.4, -0.2) is 64.7 Å². The number of pyridine rings is 2. The number of benzene rings is 1. The van der Waals surface area contributed by atoms with Gasteiger partial charge in [0.25, 0.3) is 5.91 Å². The van der Waals surface area contributed by atoms with Crippen molar-refractivity contribution in [2.24, 2.45) is 0 Å². The molecule has 2 aromatic heterocycles. The van der Waals surface area contributed by atoms with Gasteiger partial charge in [-0.2, -0.15) is 18.2 Å². The monoisotopic (exact) mass is 596 g/mol. The van der Waals surface area contributed by atoms with Gasteiger partial charge in [-0.25, -0.2) is 4.57 Å². The van der Waals surface area contributed by atoms with Gasteiger partial charge in [0.05, 0.1) is 25.9 Å². The van der Waals surface area contributed by atoms with Crippen LogP contribution in [0.1, 0.15) is 28.5 Å². The fourth-order valence-corrected chi connectivity index (χ4v) is 4.49. The largest absolute Gasteiger partial charge is 0.475 e. The van der Waals surface area contributed by atoms with E-state index in [-0.39, 0.29) is 30.7 Å². The number of aromatic nitrogens is 2. The third-order valence-corrected chi connectivity index (χ3v) is 6.68. The van der Waals surface area contributed by atoms with Gasteiger partial charge in [0.2, 0.25) is 5.88 Å². The molecule has 4 rings (SSSR count). The average molecular weight is 596 g/mol. The second kappa shape index (κ2) is 12.5. The number of morpholine rings is 1. The summed E-state index contributed by atoms with van der Waals surface area (Å²) in [6, 6.07) is 10.4. The molecule has 3 N–H and O–H groups in total. The van der Waals surface area contributed by atoms with E-state index < -0.39 is 25.6 Å². The summed E-state index contributed by atoms with van der Waals surface area (Å²) < 4.78 is 65.8. The lowest BCUT2D eigenvalue weighted by Crippen LogP contribution is -2.44. The van der Waals surface area contributed by atoms with Crippen molar-refractivity contribution in [1.82, 2.24) is 9.97 Å². The van der Waals surface area contributed by atoms with Gasteiger partial charge in [0.15, 0.2) is 0 Å². The maximum absolute atomic E-state index is 13.1. The summed E-state index contributed by atoms with van der Waals surface area (Å²) in [5, 5.41) is 2.63. The number of rotatable bonds is 9. The average Bonchev–Trinajstić information content (AvgIpc) is 2.91. The Labute approximate surface area is 233 Å². The molecule has 1 aliphatic rings. The number of hydrogen-bond donors (Lipinski definition) is 3. The third-order valence-electron chi connectivity index (χ3n) is 6.16. The number of amides is 1. The summed E-state index contributed by atoms with van der Waals surface area (Å²) in [5.41, 5.74) is 1.15. The van der Waals surface area contributed by atoms with E-state index in [1.54, 1.807) is 24.3 Å². The second-order valence-electron chi connectivity index (χ2n) is 9.25. The van der Waals surface area contributed by atoms with Gasteiger partial charge in [-0.15, -0.1) is 0 Å². The zero-order valence-electron chi connectivity index (χ0n) is 22.1. The molecule has 0 bridgehead atoms. The number of carbonyl (C=O) groups excluding carboxylic acids is 1. The number of nitrogens with zero attached hydrogens (tertiary/aromatic N) is 3.